The number of hydrogen-bond donors (Lipinski definition) is 1. The highest BCUT2D eigenvalue weighted by Gasteiger charge is 2.12. The predicted molar refractivity (Wildman–Crippen MR) is 101 cm³/mol. The maximum atomic E-state index is 6.10. The van der Waals surface area contributed by atoms with Gasteiger partial charge in [-0.15, -0.1) is 0 Å². The fraction of sp³-hybridized carbons (Fsp3) is 0.263. The lowest BCUT2D eigenvalue weighted by Gasteiger charge is -2.14. The van der Waals surface area contributed by atoms with Crippen LogP contribution in [-0.2, 0) is 0 Å². The summed E-state index contributed by atoms with van der Waals surface area (Å²) in [6.07, 6.45) is 1.53. The van der Waals surface area contributed by atoms with Gasteiger partial charge in [-0.25, -0.2) is 9.97 Å². The number of fused-ring (bicyclic) bond motifs is 1. The molecule has 0 aliphatic carbocycles. The van der Waals surface area contributed by atoms with Gasteiger partial charge in [-0.3, -0.25) is 0 Å². The SMILES string of the molecule is CCOc1cc2ncnc(Nc3ccc(Cl)c(C)c3)c2cc1OCC. The zero-order chi connectivity index (χ0) is 17.8. The Morgan fingerprint density at radius 2 is 1.72 bits per heavy atom. The van der Waals surface area contributed by atoms with Crippen LogP contribution in [0.1, 0.15) is 19.4 Å². The maximum Gasteiger partial charge on any atom is 0.163 e. The standard InChI is InChI=1S/C19H20ClN3O2/c1-4-24-17-9-14-16(10-18(17)25-5-2)21-11-22-19(14)23-13-6-7-15(20)12(3)8-13/h6-11H,4-5H2,1-3H3,(H,21,22,23). The first-order valence-corrected chi connectivity index (χ1v) is 8.57. The number of benzene rings is 2. The minimum atomic E-state index is 0.554. The van der Waals surface area contributed by atoms with Crippen molar-refractivity contribution >= 4 is 34.0 Å². The van der Waals surface area contributed by atoms with E-state index in [9.17, 15) is 0 Å². The van der Waals surface area contributed by atoms with Crippen LogP contribution in [-0.4, -0.2) is 23.2 Å². The Morgan fingerprint density at radius 1 is 1.00 bits per heavy atom. The van der Waals surface area contributed by atoms with Crippen LogP contribution in [0.25, 0.3) is 10.9 Å². The van der Waals surface area contributed by atoms with E-state index in [2.05, 4.69) is 15.3 Å². The molecule has 0 saturated heterocycles. The van der Waals surface area contributed by atoms with Crippen LogP contribution in [0.3, 0.4) is 0 Å². The average Bonchev–Trinajstić information content (AvgIpc) is 2.60. The first kappa shape index (κ1) is 17.3. The molecule has 3 aromatic rings. The minimum Gasteiger partial charge on any atom is -0.490 e. The fourth-order valence-corrected chi connectivity index (χ4v) is 2.68. The van der Waals surface area contributed by atoms with E-state index in [1.807, 2.05) is 51.1 Å². The second-order valence-corrected chi connectivity index (χ2v) is 5.90. The minimum absolute atomic E-state index is 0.554. The van der Waals surface area contributed by atoms with Crippen molar-refractivity contribution in [2.24, 2.45) is 0 Å². The number of ether oxygens (including phenoxy) is 2. The third kappa shape index (κ3) is 3.77. The molecule has 5 nitrogen and oxygen atoms in total. The number of rotatable bonds is 6. The summed E-state index contributed by atoms with van der Waals surface area (Å²) in [7, 11) is 0. The van der Waals surface area contributed by atoms with Crippen molar-refractivity contribution in [3.8, 4) is 11.5 Å². The summed E-state index contributed by atoms with van der Waals surface area (Å²) in [6.45, 7) is 6.96. The highest BCUT2D eigenvalue weighted by atomic mass is 35.5. The largest absolute Gasteiger partial charge is 0.490 e. The van der Waals surface area contributed by atoms with E-state index in [0.29, 0.717) is 30.5 Å². The van der Waals surface area contributed by atoms with E-state index in [0.717, 1.165) is 27.2 Å². The van der Waals surface area contributed by atoms with Gasteiger partial charge >= 0.3 is 0 Å². The van der Waals surface area contributed by atoms with Crippen molar-refractivity contribution in [1.29, 1.82) is 0 Å². The van der Waals surface area contributed by atoms with E-state index in [4.69, 9.17) is 21.1 Å². The molecule has 25 heavy (non-hydrogen) atoms. The van der Waals surface area contributed by atoms with Gasteiger partial charge in [0.25, 0.3) is 0 Å². The Balaban J connectivity index is 2.05. The molecule has 0 radical (unpaired) electrons. The van der Waals surface area contributed by atoms with Crippen LogP contribution < -0.4 is 14.8 Å². The third-order valence-electron chi connectivity index (χ3n) is 3.72. The number of anilines is 2. The maximum absolute atomic E-state index is 6.10. The van der Waals surface area contributed by atoms with Crippen LogP contribution in [0.2, 0.25) is 5.02 Å². The monoisotopic (exact) mass is 357 g/mol. The van der Waals surface area contributed by atoms with E-state index >= 15 is 0 Å². The molecule has 1 N–H and O–H groups in total. The second-order valence-electron chi connectivity index (χ2n) is 5.49. The van der Waals surface area contributed by atoms with Gasteiger partial charge in [0.15, 0.2) is 11.5 Å². The van der Waals surface area contributed by atoms with E-state index in [1.54, 1.807) is 0 Å². The molecule has 0 saturated carbocycles. The first-order chi connectivity index (χ1) is 12.1. The summed E-state index contributed by atoms with van der Waals surface area (Å²) in [5.41, 5.74) is 2.70. The van der Waals surface area contributed by atoms with Crippen LogP contribution in [0.5, 0.6) is 11.5 Å². The fourth-order valence-electron chi connectivity index (χ4n) is 2.56. The summed E-state index contributed by atoms with van der Waals surface area (Å²) in [6, 6.07) is 9.55. The molecule has 2 aromatic carbocycles. The molecule has 0 spiro atoms. The Hall–Kier alpha value is -2.53. The Morgan fingerprint density at radius 3 is 2.40 bits per heavy atom. The van der Waals surface area contributed by atoms with Crippen molar-refractivity contribution in [2.45, 2.75) is 20.8 Å². The van der Waals surface area contributed by atoms with Crippen LogP contribution in [0.15, 0.2) is 36.7 Å². The molecule has 0 aliphatic heterocycles. The van der Waals surface area contributed by atoms with Crippen molar-refractivity contribution in [3.05, 3.63) is 47.2 Å². The zero-order valence-electron chi connectivity index (χ0n) is 14.5. The summed E-state index contributed by atoms with van der Waals surface area (Å²) >= 11 is 6.10. The Bertz CT molecular complexity index is 899. The lowest BCUT2D eigenvalue weighted by atomic mass is 10.2. The van der Waals surface area contributed by atoms with Gasteiger partial charge in [0.1, 0.15) is 12.1 Å². The van der Waals surface area contributed by atoms with E-state index in [-0.39, 0.29) is 0 Å². The summed E-state index contributed by atoms with van der Waals surface area (Å²) in [4.78, 5) is 8.73. The highest BCUT2D eigenvalue weighted by Crippen LogP contribution is 2.35. The van der Waals surface area contributed by atoms with Gasteiger partial charge < -0.3 is 14.8 Å². The molecule has 0 bridgehead atoms. The summed E-state index contributed by atoms with van der Waals surface area (Å²) < 4.78 is 11.4. The molecule has 0 aliphatic rings. The molecule has 1 heterocycles. The lowest BCUT2D eigenvalue weighted by Crippen LogP contribution is -2.01. The van der Waals surface area contributed by atoms with Gasteiger partial charge in [-0.05, 0) is 50.6 Å². The Kier molecular flexibility index (Phi) is 5.24. The average molecular weight is 358 g/mol. The molecule has 3 rings (SSSR count). The van der Waals surface area contributed by atoms with E-state index < -0.39 is 0 Å². The van der Waals surface area contributed by atoms with Gasteiger partial charge in [-0.1, -0.05) is 11.6 Å². The summed E-state index contributed by atoms with van der Waals surface area (Å²) in [5, 5.41) is 4.93. The second kappa shape index (κ2) is 7.57. The third-order valence-corrected chi connectivity index (χ3v) is 4.15. The summed E-state index contributed by atoms with van der Waals surface area (Å²) in [5.74, 6) is 2.07. The number of halogens is 1. The smallest absolute Gasteiger partial charge is 0.163 e. The van der Waals surface area contributed by atoms with Gasteiger partial charge in [0.2, 0.25) is 0 Å². The number of nitrogens with one attached hydrogen (secondary N) is 1. The molecule has 0 fully saturated rings. The zero-order valence-corrected chi connectivity index (χ0v) is 15.2. The van der Waals surface area contributed by atoms with Gasteiger partial charge in [-0.2, -0.15) is 0 Å². The number of aromatic nitrogens is 2. The van der Waals surface area contributed by atoms with Crippen LogP contribution >= 0.6 is 11.6 Å². The van der Waals surface area contributed by atoms with Gasteiger partial charge in [0, 0.05) is 22.2 Å². The van der Waals surface area contributed by atoms with E-state index in [1.165, 1.54) is 6.33 Å². The van der Waals surface area contributed by atoms with Crippen molar-refractivity contribution in [3.63, 3.8) is 0 Å². The first-order valence-electron chi connectivity index (χ1n) is 8.20. The molecular weight excluding hydrogens is 338 g/mol. The van der Waals surface area contributed by atoms with Gasteiger partial charge in [0.05, 0.1) is 18.7 Å². The molecule has 1 aromatic heterocycles. The topological polar surface area (TPSA) is 56.3 Å². The van der Waals surface area contributed by atoms with Crippen molar-refractivity contribution < 1.29 is 9.47 Å². The van der Waals surface area contributed by atoms with Crippen LogP contribution in [0, 0.1) is 6.92 Å². The molecular formula is C19H20ClN3O2. The lowest BCUT2D eigenvalue weighted by molar-refractivity contribution is 0.288. The highest BCUT2D eigenvalue weighted by molar-refractivity contribution is 6.31. The number of aryl methyl sites for hydroxylation is 1. The molecule has 130 valence electrons. The predicted octanol–water partition coefficient (Wildman–Crippen LogP) is 5.13. The number of nitrogens with zero attached hydrogens (tertiary/aromatic N) is 2. The quantitative estimate of drug-likeness (QED) is 0.662. The Labute approximate surface area is 152 Å². The number of hydrogen-bond acceptors (Lipinski definition) is 5. The van der Waals surface area contributed by atoms with Crippen molar-refractivity contribution in [2.75, 3.05) is 18.5 Å². The molecule has 0 unspecified atom stereocenters. The van der Waals surface area contributed by atoms with Crippen LogP contribution in [0.4, 0.5) is 11.5 Å². The molecule has 0 amide bonds. The molecule has 0 atom stereocenters. The van der Waals surface area contributed by atoms with Crippen molar-refractivity contribution in [1.82, 2.24) is 9.97 Å². The molecule has 6 heteroatoms. The normalized spacial score (nSPS) is 10.7.